The van der Waals surface area contributed by atoms with E-state index in [4.69, 9.17) is 9.47 Å². The lowest BCUT2D eigenvalue weighted by Gasteiger charge is -2.11. The van der Waals surface area contributed by atoms with Gasteiger partial charge in [0.15, 0.2) is 0 Å². The minimum absolute atomic E-state index is 0.0135. The molecular formula is C20H25NO3. The van der Waals surface area contributed by atoms with Crippen LogP contribution in [0.15, 0.2) is 48.5 Å². The van der Waals surface area contributed by atoms with Crippen LogP contribution in [0.2, 0.25) is 0 Å². The van der Waals surface area contributed by atoms with Crippen molar-refractivity contribution in [3.8, 4) is 11.5 Å². The van der Waals surface area contributed by atoms with Gasteiger partial charge in [0.1, 0.15) is 11.5 Å². The standard InChI is InChI=1S/C20H25NO3/c1-15(2)24-18-11-9-17(10-12-18)21-20(22)8-5-13-23-19-7-4-6-16(3)14-19/h4,6-7,9-12,14-15H,5,8,13H2,1-3H3,(H,21,22). The molecule has 0 saturated heterocycles. The lowest BCUT2D eigenvalue weighted by atomic mass is 10.2. The number of benzene rings is 2. The highest BCUT2D eigenvalue weighted by atomic mass is 16.5. The summed E-state index contributed by atoms with van der Waals surface area (Å²) in [5.74, 6) is 1.63. The maximum atomic E-state index is 11.9. The molecule has 0 spiro atoms. The summed E-state index contributed by atoms with van der Waals surface area (Å²) in [6.07, 6.45) is 1.24. The monoisotopic (exact) mass is 327 g/mol. The third kappa shape index (κ3) is 6.32. The Morgan fingerprint density at radius 1 is 1.08 bits per heavy atom. The van der Waals surface area contributed by atoms with E-state index < -0.39 is 0 Å². The Labute approximate surface area is 143 Å². The molecule has 2 rings (SSSR count). The number of anilines is 1. The molecule has 0 radical (unpaired) electrons. The Bertz CT molecular complexity index is 650. The molecule has 0 aromatic heterocycles. The van der Waals surface area contributed by atoms with Crippen LogP contribution in [0.3, 0.4) is 0 Å². The molecular weight excluding hydrogens is 302 g/mol. The molecule has 1 N–H and O–H groups in total. The van der Waals surface area contributed by atoms with Gasteiger partial charge in [-0.1, -0.05) is 12.1 Å². The van der Waals surface area contributed by atoms with Crippen LogP contribution in [0.5, 0.6) is 11.5 Å². The smallest absolute Gasteiger partial charge is 0.224 e. The first-order chi connectivity index (χ1) is 11.5. The van der Waals surface area contributed by atoms with Gasteiger partial charge >= 0.3 is 0 Å². The van der Waals surface area contributed by atoms with Gasteiger partial charge in [0, 0.05) is 12.1 Å². The summed E-state index contributed by atoms with van der Waals surface area (Å²) >= 11 is 0. The second-order valence-electron chi connectivity index (χ2n) is 6.01. The first-order valence-corrected chi connectivity index (χ1v) is 8.29. The SMILES string of the molecule is Cc1cccc(OCCCC(=O)Nc2ccc(OC(C)C)cc2)c1. The molecule has 0 saturated carbocycles. The minimum atomic E-state index is -0.0135. The van der Waals surface area contributed by atoms with Crippen molar-refractivity contribution in [2.45, 2.75) is 39.7 Å². The molecule has 2 aromatic rings. The van der Waals surface area contributed by atoms with Crippen LogP contribution in [0.25, 0.3) is 0 Å². The zero-order valence-corrected chi connectivity index (χ0v) is 14.5. The predicted molar refractivity (Wildman–Crippen MR) is 96.7 cm³/mol. The summed E-state index contributed by atoms with van der Waals surface area (Å²) in [5, 5.41) is 2.88. The van der Waals surface area contributed by atoms with Crippen molar-refractivity contribution in [2.24, 2.45) is 0 Å². The van der Waals surface area contributed by atoms with Crippen LogP contribution >= 0.6 is 0 Å². The van der Waals surface area contributed by atoms with Crippen molar-refractivity contribution < 1.29 is 14.3 Å². The van der Waals surface area contributed by atoms with Crippen molar-refractivity contribution >= 4 is 11.6 Å². The van der Waals surface area contributed by atoms with Crippen molar-refractivity contribution in [3.05, 3.63) is 54.1 Å². The number of carbonyl (C=O) groups is 1. The average Bonchev–Trinajstić information content (AvgIpc) is 2.53. The van der Waals surface area contributed by atoms with Gasteiger partial charge in [0.05, 0.1) is 12.7 Å². The second-order valence-corrected chi connectivity index (χ2v) is 6.01. The summed E-state index contributed by atoms with van der Waals surface area (Å²) in [6.45, 7) is 6.51. The van der Waals surface area contributed by atoms with Gasteiger partial charge < -0.3 is 14.8 Å². The van der Waals surface area contributed by atoms with Crippen LogP contribution < -0.4 is 14.8 Å². The topological polar surface area (TPSA) is 47.6 Å². The Morgan fingerprint density at radius 3 is 2.50 bits per heavy atom. The molecule has 0 bridgehead atoms. The number of rotatable bonds is 8. The van der Waals surface area contributed by atoms with E-state index in [0.29, 0.717) is 19.4 Å². The molecule has 0 fully saturated rings. The summed E-state index contributed by atoms with van der Waals surface area (Å²) in [6, 6.07) is 15.3. The minimum Gasteiger partial charge on any atom is -0.494 e. The quantitative estimate of drug-likeness (QED) is 0.722. The number of hydrogen-bond acceptors (Lipinski definition) is 3. The average molecular weight is 327 g/mol. The van der Waals surface area contributed by atoms with E-state index in [9.17, 15) is 4.79 Å². The maximum absolute atomic E-state index is 11.9. The zero-order chi connectivity index (χ0) is 17.4. The first kappa shape index (κ1) is 17.9. The molecule has 0 atom stereocenters. The number of nitrogens with one attached hydrogen (secondary N) is 1. The Balaban J connectivity index is 1.69. The molecule has 0 aliphatic rings. The van der Waals surface area contributed by atoms with E-state index in [-0.39, 0.29) is 12.0 Å². The lowest BCUT2D eigenvalue weighted by molar-refractivity contribution is -0.116. The summed E-state index contributed by atoms with van der Waals surface area (Å²) in [5.41, 5.74) is 1.94. The fourth-order valence-electron chi connectivity index (χ4n) is 2.24. The highest BCUT2D eigenvalue weighted by Crippen LogP contribution is 2.17. The molecule has 24 heavy (non-hydrogen) atoms. The Morgan fingerprint density at radius 2 is 1.83 bits per heavy atom. The van der Waals surface area contributed by atoms with Crippen molar-refractivity contribution in [1.82, 2.24) is 0 Å². The Kier molecular flexibility index (Phi) is 6.67. The molecule has 4 nitrogen and oxygen atoms in total. The van der Waals surface area contributed by atoms with Gasteiger partial charge in [0.25, 0.3) is 0 Å². The molecule has 2 aromatic carbocycles. The highest BCUT2D eigenvalue weighted by Gasteiger charge is 2.04. The largest absolute Gasteiger partial charge is 0.494 e. The van der Waals surface area contributed by atoms with Crippen LogP contribution in [-0.4, -0.2) is 18.6 Å². The summed E-state index contributed by atoms with van der Waals surface area (Å²) < 4.78 is 11.2. The van der Waals surface area contributed by atoms with Gasteiger partial charge in [-0.25, -0.2) is 0 Å². The van der Waals surface area contributed by atoms with Crippen LogP contribution in [0, 0.1) is 6.92 Å². The van der Waals surface area contributed by atoms with E-state index in [2.05, 4.69) is 5.32 Å². The van der Waals surface area contributed by atoms with Gasteiger partial charge in [0.2, 0.25) is 5.91 Å². The molecule has 0 aliphatic heterocycles. The van der Waals surface area contributed by atoms with E-state index in [0.717, 1.165) is 22.7 Å². The molecule has 1 amide bonds. The van der Waals surface area contributed by atoms with Crippen molar-refractivity contribution in [2.75, 3.05) is 11.9 Å². The zero-order valence-electron chi connectivity index (χ0n) is 14.5. The van der Waals surface area contributed by atoms with E-state index >= 15 is 0 Å². The third-order valence-electron chi connectivity index (χ3n) is 3.32. The number of amides is 1. The second kappa shape index (κ2) is 8.96. The van der Waals surface area contributed by atoms with E-state index in [1.807, 2.05) is 69.3 Å². The number of ether oxygens (including phenoxy) is 2. The molecule has 0 unspecified atom stereocenters. The van der Waals surface area contributed by atoms with Gasteiger partial charge in [-0.2, -0.15) is 0 Å². The van der Waals surface area contributed by atoms with Crippen LogP contribution in [-0.2, 0) is 4.79 Å². The molecule has 4 heteroatoms. The summed E-state index contributed by atoms with van der Waals surface area (Å²) in [7, 11) is 0. The molecule has 128 valence electrons. The number of hydrogen-bond donors (Lipinski definition) is 1. The molecule has 0 heterocycles. The van der Waals surface area contributed by atoms with Gasteiger partial charge in [-0.15, -0.1) is 0 Å². The van der Waals surface area contributed by atoms with Crippen LogP contribution in [0.4, 0.5) is 5.69 Å². The normalized spacial score (nSPS) is 10.5. The number of aryl methyl sites for hydroxylation is 1. The maximum Gasteiger partial charge on any atom is 0.224 e. The predicted octanol–water partition coefficient (Wildman–Crippen LogP) is 4.58. The number of carbonyl (C=O) groups excluding carboxylic acids is 1. The molecule has 0 aliphatic carbocycles. The fraction of sp³-hybridized carbons (Fsp3) is 0.350. The van der Waals surface area contributed by atoms with E-state index in [1.165, 1.54) is 0 Å². The van der Waals surface area contributed by atoms with Crippen molar-refractivity contribution in [3.63, 3.8) is 0 Å². The lowest BCUT2D eigenvalue weighted by Crippen LogP contribution is -2.13. The highest BCUT2D eigenvalue weighted by molar-refractivity contribution is 5.90. The summed E-state index contributed by atoms with van der Waals surface area (Å²) in [4.78, 5) is 11.9. The van der Waals surface area contributed by atoms with Crippen LogP contribution in [0.1, 0.15) is 32.3 Å². The first-order valence-electron chi connectivity index (χ1n) is 8.29. The fourth-order valence-corrected chi connectivity index (χ4v) is 2.24. The van der Waals surface area contributed by atoms with Gasteiger partial charge in [-0.05, 0) is 69.2 Å². The third-order valence-corrected chi connectivity index (χ3v) is 3.32. The Hall–Kier alpha value is -2.49. The van der Waals surface area contributed by atoms with Gasteiger partial charge in [-0.3, -0.25) is 4.79 Å². The van der Waals surface area contributed by atoms with E-state index in [1.54, 1.807) is 0 Å². The van der Waals surface area contributed by atoms with Crippen molar-refractivity contribution in [1.29, 1.82) is 0 Å².